The lowest BCUT2D eigenvalue weighted by atomic mass is 10.1. The van der Waals surface area contributed by atoms with E-state index in [2.05, 4.69) is 21.2 Å². The minimum atomic E-state index is -0.667. The van der Waals surface area contributed by atoms with Crippen molar-refractivity contribution < 1.29 is 14.8 Å². The van der Waals surface area contributed by atoms with Crippen LogP contribution in [0.4, 0.5) is 11.4 Å². The molecule has 0 bridgehead atoms. The van der Waals surface area contributed by atoms with Crippen molar-refractivity contribution in [3.8, 4) is 5.75 Å². The van der Waals surface area contributed by atoms with E-state index in [-0.39, 0.29) is 17.0 Å². The molecule has 0 aliphatic rings. The lowest BCUT2D eigenvalue weighted by Gasteiger charge is -2.09. The number of nitrogens with one attached hydrogen (secondary N) is 1. The number of aryl methyl sites for hydroxylation is 1. The number of halogens is 1. The van der Waals surface area contributed by atoms with E-state index in [0.717, 1.165) is 23.8 Å². The Hall–Kier alpha value is -2.41. The monoisotopic (exact) mass is 350 g/mol. The van der Waals surface area contributed by atoms with E-state index in [1.54, 1.807) is 12.1 Å². The molecule has 108 valence electrons. The maximum Gasteiger partial charge on any atom is 0.282 e. The third-order valence-electron chi connectivity index (χ3n) is 2.79. The van der Waals surface area contributed by atoms with Gasteiger partial charge in [-0.25, -0.2) is 0 Å². The van der Waals surface area contributed by atoms with E-state index in [1.807, 2.05) is 13.0 Å². The van der Waals surface area contributed by atoms with Crippen LogP contribution >= 0.6 is 15.9 Å². The second-order valence-electron chi connectivity index (χ2n) is 4.40. The van der Waals surface area contributed by atoms with Gasteiger partial charge in [-0.05, 0) is 52.7 Å². The van der Waals surface area contributed by atoms with Gasteiger partial charge < -0.3 is 10.4 Å². The second kappa shape index (κ2) is 5.92. The molecule has 2 aromatic carbocycles. The summed E-state index contributed by atoms with van der Waals surface area (Å²) >= 11 is 3.30. The Bertz CT molecular complexity index is 731. The van der Waals surface area contributed by atoms with Crippen LogP contribution in [0.25, 0.3) is 0 Å². The number of phenols is 1. The molecule has 0 fully saturated rings. The molecule has 21 heavy (non-hydrogen) atoms. The zero-order chi connectivity index (χ0) is 15.6. The van der Waals surface area contributed by atoms with Crippen LogP contribution in [0.2, 0.25) is 0 Å². The summed E-state index contributed by atoms with van der Waals surface area (Å²) < 4.78 is 0.657. The Balaban J connectivity index is 2.39. The molecule has 0 saturated carbocycles. The van der Waals surface area contributed by atoms with Gasteiger partial charge in [0.15, 0.2) is 0 Å². The number of carbonyl (C=O) groups excluding carboxylic acids is 1. The Morgan fingerprint density at radius 2 is 2.00 bits per heavy atom. The summed E-state index contributed by atoms with van der Waals surface area (Å²) in [5.74, 6) is -0.877. The lowest BCUT2D eigenvalue weighted by Crippen LogP contribution is -2.14. The largest absolute Gasteiger partial charge is 0.508 e. The zero-order valence-electron chi connectivity index (χ0n) is 11.0. The summed E-state index contributed by atoms with van der Waals surface area (Å²) in [6.07, 6.45) is 0. The van der Waals surface area contributed by atoms with E-state index >= 15 is 0 Å². The van der Waals surface area contributed by atoms with Gasteiger partial charge in [0.25, 0.3) is 11.6 Å². The molecule has 2 aromatic rings. The highest BCUT2D eigenvalue weighted by molar-refractivity contribution is 9.10. The molecule has 6 nitrogen and oxygen atoms in total. The number of carbonyl (C=O) groups is 1. The summed E-state index contributed by atoms with van der Waals surface area (Å²) in [5.41, 5.74) is 0.860. The van der Waals surface area contributed by atoms with Gasteiger partial charge in [0, 0.05) is 10.5 Å². The van der Waals surface area contributed by atoms with Crippen molar-refractivity contribution in [1.82, 2.24) is 0 Å². The molecule has 0 heterocycles. The number of phenolic OH excluding ortho intramolecular Hbond substituents is 1. The number of nitro groups is 1. The number of hydrogen-bond acceptors (Lipinski definition) is 4. The van der Waals surface area contributed by atoms with Crippen molar-refractivity contribution in [2.24, 2.45) is 0 Å². The van der Waals surface area contributed by atoms with Crippen molar-refractivity contribution in [2.75, 3.05) is 5.32 Å². The molecule has 1 amide bonds. The maximum atomic E-state index is 12.2. The summed E-state index contributed by atoms with van der Waals surface area (Å²) in [6, 6.07) is 8.68. The molecular weight excluding hydrogens is 340 g/mol. The predicted molar refractivity (Wildman–Crippen MR) is 81.6 cm³/mol. The average molecular weight is 351 g/mol. The molecule has 0 aromatic heterocycles. The fourth-order valence-electron chi connectivity index (χ4n) is 1.79. The smallest absolute Gasteiger partial charge is 0.282 e. The molecule has 0 aliphatic carbocycles. The number of anilines is 1. The first-order valence-corrected chi connectivity index (χ1v) is 6.72. The average Bonchev–Trinajstić information content (AvgIpc) is 2.42. The van der Waals surface area contributed by atoms with Crippen LogP contribution in [0.15, 0.2) is 40.9 Å². The fraction of sp³-hybridized carbons (Fsp3) is 0.0714. The van der Waals surface area contributed by atoms with E-state index in [1.165, 1.54) is 0 Å². The van der Waals surface area contributed by atoms with Crippen molar-refractivity contribution in [3.05, 3.63) is 62.1 Å². The van der Waals surface area contributed by atoms with Gasteiger partial charge in [-0.3, -0.25) is 14.9 Å². The fourth-order valence-corrected chi connectivity index (χ4v) is 2.14. The molecular formula is C14H11BrN2O4. The number of rotatable bonds is 3. The Labute approximate surface area is 128 Å². The van der Waals surface area contributed by atoms with E-state index in [0.29, 0.717) is 10.2 Å². The topological polar surface area (TPSA) is 92.5 Å². The molecule has 2 N–H and O–H groups in total. The normalized spacial score (nSPS) is 10.2. The van der Waals surface area contributed by atoms with Gasteiger partial charge in [-0.2, -0.15) is 0 Å². The number of benzene rings is 2. The number of nitrogens with zero attached hydrogens (tertiary/aromatic N) is 1. The van der Waals surface area contributed by atoms with Crippen LogP contribution in [0, 0.1) is 17.0 Å². The van der Waals surface area contributed by atoms with Gasteiger partial charge in [-0.1, -0.05) is 6.07 Å². The first kappa shape index (κ1) is 15.0. The highest BCUT2D eigenvalue weighted by Crippen LogP contribution is 2.27. The van der Waals surface area contributed by atoms with Crippen LogP contribution in [-0.4, -0.2) is 15.9 Å². The number of aromatic hydroxyl groups is 1. The van der Waals surface area contributed by atoms with Gasteiger partial charge in [-0.15, -0.1) is 0 Å². The first-order chi connectivity index (χ1) is 9.88. The SMILES string of the molecule is Cc1ccc(Br)c(NC(=O)c2cc(O)ccc2[N+](=O)[O-])c1. The van der Waals surface area contributed by atoms with Crippen LogP contribution in [0.1, 0.15) is 15.9 Å². The van der Waals surface area contributed by atoms with Crippen molar-refractivity contribution in [2.45, 2.75) is 6.92 Å². The van der Waals surface area contributed by atoms with Gasteiger partial charge in [0.2, 0.25) is 0 Å². The molecule has 0 saturated heterocycles. The third-order valence-corrected chi connectivity index (χ3v) is 3.48. The number of nitro benzene ring substituents is 1. The molecule has 0 aliphatic heterocycles. The van der Waals surface area contributed by atoms with Crippen LogP contribution in [-0.2, 0) is 0 Å². The minimum absolute atomic E-state index is 0.201. The van der Waals surface area contributed by atoms with Crippen LogP contribution in [0.3, 0.4) is 0 Å². The van der Waals surface area contributed by atoms with E-state index in [9.17, 15) is 20.0 Å². The van der Waals surface area contributed by atoms with Crippen LogP contribution in [0.5, 0.6) is 5.75 Å². The summed E-state index contributed by atoms with van der Waals surface area (Å²) in [6.45, 7) is 1.86. The van der Waals surface area contributed by atoms with Crippen molar-refractivity contribution in [1.29, 1.82) is 0 Å². The number of amides is 1. The molecule has 0 radical (unpaired) electrons. The summed E-state index contributed by atoms with van der Waals surface area (Å²) in [7, 11) is 0. The highest BCUT2D eigenvalue weighted by Gasteiger charge is 2.21. The first-order valence-electron chi connectivity index (χ1n) is 5.93. The molecule has 2 rings (SSSR count). The van der Waals surface area contributed by atoms with Gasteiger partial charge in [0.1, 0.15) is 11.3 Å². The van der Waals surface area contributed by atoms with E-state index in [4.69, 9.17) is 0 Å². The molecule has 7 heteroatoms. The zero-order valence-corrected chi connectivity index (χ0v) is 12.5. The summed E-state index contributed by atoms with van der Waals surface area (Å²) in [5, 5.41) is 23.0. The Morgan fingerprint density at radius 1 is 1.29 bits per heavy atom. The van der Waals surface area contributed by atoms with Crippen molar-refractivity contribution in [3.63, 3.8) is 0 Å². The van der Waals surface area contributed by atoms with Crippen molar-refractivity contribution >= 4 is 33.2 Å². The Kier molecular flexibility index (Phi) is 4.23. The maximum absolute atomic E-state index is 12.2. The third kappa shape index (κ3) is 3.38. The van der Waals surface area contributed by atoms with Gasteiger partial charge in [0.05, 0.1) is 10.6 Å². The quantitative estimate of drug-likeness (QED) is 0.652. The second-order valence-corrected chi connectivity index (χ2v) is 5.25. The molecule has 0 unspecified atom stereocenters. The minimum Gasteiger partial charge on any atom is -0.508 e. The lowest BCUT2D eigenvalue weighted by molar-refractivity contribution is -0.385. The Morgan fingerprint density at radius 3 is 2.67 bits per heavy atom. The van der Waals surface area contributed by atoms with Crippen LogP contribution < -0.4 is 5.32 Å². The summed E-state index contributed by atoms with van der Waals surface area (Å²) in [4.78, 5) is 22.5. The standard InChI is InChI=1S/C14H11BrN2O4/c1-8-2-4-11(15)12(6-8)16-14(19)10-7-9(18)3-5-13(10)17(20)21/h2-7,18H,1H3,(H,16,19). The highest BCUT2D eigenvalue weighted by atomic mass is 79.9. The van der Waals surface area contributed by atoms with Gasteiger partial charge >= 0.3 is 0 Å². The predicted octanol–water partition coefficient (Wildman–Crippen LogP) is 3.62. The number of hydrogen-bond donors (Lipinski definition) is 2. The molecule has 0 atom stereocenters. The van der Waals surface area contributed by atoms with E-state index < -0.39 is 10.8 Å². The molecule has 0 spiro atoms.